The SMILES string of the molecule is CC(C)(C)C/C=C/CNCO.CNC1(c2ccc(F)c(OCC3CC3)c2)CC1.[HH].[HH].[Y]. The van der Waals surface area contributed by atoms with Gasteiger partial charge in [0.25, 0.3) is 0 Å². The van der Waals surface area contributed by atoms with Gasteiger partial charge in [-0.05, 0) is 68.2 Å². The first-order valence-electron chi connectivity index (χ1n) is 10.4. The molecule has 165 valence electrons. The minimum absolute atomic E-state index is 0. The van der Waals surface area contributed by atoms with Gasteiger partial charge in [-0.25, -0.2) is 4.39 Å². The van der Waals surface area contributed by atoms with Crippen molar-refractivity contribution >= 4 is 0 Å². The van der Waals surface area contributed by atoms with Gasteiger partial charge in [-0.1, -0.05) is 39.0 Å². The van der Waals surface area contributed by atoms with Gasteiger partial charge in [-0.15, -0.1) is 0 Å². The van der Waals surface area contributed by atoms with Gasteiger partial charge in [0.1, 0.15) is 0 Å². The number of nitrogens with one attached hydrogen (secondary N) is 2. The molecule has 1 aromatic rings. The summed E-state index contributed by atoms with van der Waals surface area (Å²) in [6.45, 7) is 8.09. The molecule has 4 nitrogen and oxygen atoms in total. The molecule has 2 aliphatic carbocycles. The van der Waals surface area contributed by atoms with Gasteiger partial charge in [0.2, 0.25) is 0 Å². The van der Waals surface area contributed by atoms with E-state index in [0.717, 1.165) is 31.4 Å². The fraction of sp³-hybridized carbons (Fsp3) is 0.652. The number of allylic oxidation sites excluding steroid dienone is 1. The van der Waals surface area contributed by atoms with Gasteiger partial charge in [-0.3, -0.25) is 5.32 Å². The molecule has 0 atom stereocenters. The second kappa shape index (κ2) is 12.5. The van der Waals surface area contributed by atoms with E-state index in [9.17, 15) is 4.39 Å². The van der Waals surface area contributed by atoms with Crippen LogP contribution < -0.4 is 15.4 Å². The Morgan fingerprint density at radius 2 is 1.97 bits per heavy atom. The topological polar surface area (TPSA) is 53.5 Å². The third-order valence-corrected chi connectivity index (χ3v) is 5.15. The first kappa shape index (κ1) is 26.7. The van der Waals surface area contributed by atoms with Crippen LogP contribution >= 0.6 is 0 Å². The average molecular weight is 485 g/mol. The quantitative estimate of drug-likeness (QED) is 0.267. The number of aliphatic hydroxyl groups excluding tert-OH is 1. The van der Waals surface area contributed by atoms with E-state index in [-0.39, 0.29) is 53.6 Å². The summed E-state index contributed by atoms with van der Waals surface area (Å²) in [5.74, 6) is 0.814. The van der Waals surface area contributed by atoms with Gasteiger partial charge in [0.15, 0.2) is 11.6 Å². The zero-order valence-corrected chi connectivity index (χ0v) is 21.3. The van der Waals surface area contributed by atoms with Gasteiger partial charge in [0, 0.05) is 47.6 Å². The van der Waals surface area contributed by atoms with Crippen LogP contribution in [0.15, 0.2) is 30.4 Å². The van der Waals surface area contributed by atoms with Gasteiger partial charge >= 0.3 is 0 Å². The summed E-state index contributed by atoms with van der Waals surface area (Å²) in [6.07, 6.45) is 9.96. The van der Waals surface area contributed by atoms with Crippen LogP contribution in [0.4, 0.5) is 4.39 Å². The number of rotatable bonds is 9. The number of benzene rings is 1. The van der Waals surface area contributed by atoms with Crippen LogP contribution in [0.1, 0.15) is 61.3 Å². The third-order valence-electron chi connectivity index (χ3n) is 5.15. The first-order chi connectivity index (χ1) is 13.3. The van der Waals surface area contributed by atoms with Crippen molar-refractivity contribution in [2.24, 2.45) is 11.3 Å². The number of ether oxygens (including phenoxy) is 1. The standard InChI is InChI=1S/C14H18FNO.C9H19NO.Y.2H2/c1-16-14(6-7-14)11-4-5-12(15)13(8-11)17-9-10-2-3-10;1-9(2,3)6-4-5-7-10-8-11;;;/h4-5,8,10,16H,2-3,6-7,9H2,1H3;4-5,10-11H,6-8H2,1-3H3;;2*1H/b;5-4+;;;. The molecule has 0 unspecified atom stereocenters. The molecule has 2 aliphatic rings. The summed E-state index contributed by atoms with van der Waals surface area (Å²) in [6, 6.07) is 5.25. The molecular formula is C23H41FN2O2Y. The van der Waals surface area contributed by atoms with E-state index in [1.807, 2.05) is 25.3 Å². The van der Waals surface area contributed by atoms with Crippen molar-refractivity contribution in [3.8, 4) is 5.75 Å². The second-order valence-corrected chi connectivity index (χ2v) is 9.08. The fourth-order valence-corrected chi connectivity index (χ4v) is 2.88. The second-order valence-electron chi connectivity index (χ2n) is 9.08. The van der Waals surface area contributed by atoms with Crippen molar-refractivity contribution in [1.29, 1.82) is 0 Å². The van der Waals surface area contributed by atoms with E-state index in [0.29, 0.717) is 23.7 Å². The Hall–Kier alpha value is -0.326. The van der Waals surface area contributed by atoms with E-state index in [4.69, 9.17) is 9.84 Å². The monoisotopic (exact) mass is 485 g/mol. The van der Waals surface area contributed by atoms with Crippen LogP contribution in [0.2, 0.25) is 0 Å². The molecule has 0 aliphatic heterocycles. The van der Waals surface area contributed by atoms with Crippen LogP contribution in [0.25, 0.3) is 0 Å². The smallest absolute Gasteiger partial charge is 0.165 e. The Labute approximate surface area is 203 Å². The largest absolute Gasteiger partial charge is 0.490 e. The fourth-order valence-electron chi connectivity index (χ4n) is 2.88. The summed E-state index contributed by atoms with van der Waals surface area (Å²) < 4.78 is 19.2. The summed E-state index contributed by atoms with van der Waals surface area (Å²) in [5.41, 5.74) is 1.59. The number of hydrogen-bond acceptors (Lipinski definition) is 4. The van der Waals surface area contributed by atoms with Crippen molar-refractivity contribution in [2.75, 3.05) is 26.9 Å². The van der Waals surface area contributed by atoms with Crippen LogP contribution in [-0.4, -0.2) is 32.0 Å². The molecule has 29 heavy (non-hydrogen) atoms. The van der Waals surface area contributed by atoms with E-state index in [1.165, 1.54) is 18.9 Å². The Morgan fingerprint density at radius 1 is 1.28 bits per heavy atom. The van der Waals surface area contributed by atoms with Crippen LogP contribution in [0.5, 0.6) is 5.75 Å². The van der Waals surface area contributed by atoms with E-state index in [2.05, 4.69) is 37.5 Å². The first-order valence-corrected chi connectivity index (χ1v) is 10.4. The van der Waals surface area contributed by atoms with Crippen molar-refractivity contribution in [2.45, 2.75) is 58.4 Å². The minimum atomic E-state index is -0.249. The molecule has 0 aromatic heterocycles. The van der Waals surface area contributed by atoms with Crippen molar-refractivity contribution < 1.29 is 49.8 Å². The number of halogens is 1. The van der Waals surface area contributed by atoms with Gasteiger partial charge in [0.05, 0.1) is 13.3 Å². The molecule has 3 rings (SSSR count). The maximum absolute atomic E-state index is 13.6. The van der Waals surface area contributed by atoms with E-state index in [1.54, 1.807) is 0 Å². The Bertz CT molecular complexity index is 649. The predicted molar refractivity (Wildman–Crippen MR) is 117 cm³/mol. The van der Waals surface area contributed by atoms with E-state index >= 15 is 0 Å². The summed E-state index contributed by atoms with van der Waals surface area (Å²) >= 11 is 0. The zero-order chi connectivity index (χ0) is 20.6. The van der Waals surface area contributed by atoms with Gasteiger partial charge in [-0.2, -0.15) is 0 Å². The maximum Gasteiger partial charge on any atom is 0.165 e. The Kier molecular flexibility index (Phi) is 11.5. The van der Waals surface area contributed by atoms with Crippen LogP contribution in [0, 0.1) is 17.2 Å². The van der Waals surface area contributed by atoms with Crippen molar-refractivity contribution in [3.05, 3.63) is 41.7 Å². The molecule has 0 saturated heterocycles. The molecule has 0 spiro atoms. The average Bonchev–Trinajstić information content (AvgIpc) is 3.55. The van der Waals surface area contributed by atoms with Crippen LogP contribution in [0.3, 0.4) is 0 Å². The molecule has 3 N–H and O–H groups in total. The molecule has 6 heteroatoms. The summed E-state index contributed by atoms with van der Waals surface area (Å²) in [4.78, 5) is 0. The molecule has 0 heterocycles. The zero-order valence-electron chi connectivity index (χ0n) is 18.4. The maximum atomic E-state index is 13.6. The molecule has 0 amide bonds. The van der Waals surface area contributed by atoms with Crippen molar-refractivity contribution in [1.82, 2.24) is 10.6 Å². The van der Waals surface area contributed by atoms with Crippen LogP contribution in [-0.2, 0) is 38.2 Å². The van der Waals surface area contributed by atoms with Gasteiger partial charge < -0.3 is 15.2 Å². The van der Waals surface area contributed by atoms with Crippen molar-refractivity contribution in [3.63, 3.8) is 0 Å². The Morgan fingerprint density at radius 3 is 2.48 bits per heavy atom. The molecule has 1 aromatic carbocycles. The Balaban J connectivity index is 0. The minimum Gasteiger partial charge on any atom is -0.490 e. The molecular weight excluding hydrogens is 444 g/mol. The third kappa shape index (κ3) is 10.0. The van der Waals surface area contributed by atoms with E-state index < -0.39 is 0 Å². The molecule has 1 radical (unpaired) electrons. The summed E-state index contributed by atoms with van der Waals surface area (Å²) in [5, 5.41) is 14.5. The molecule has 2 fully saturated rings. The molecule has 2 saturated carbocycles. The number of aliphatic hydroxyl groups is 1. The number of hydrogen-bond donors (Lipinski definition) is 3. The summed E-state index contributed by atoms with van der Waals surface area (Å²) in [7, 11) is 1.96. The predicted octanol–water partition coefficient (Wildman–Crippen LogP) is 4.83. The normalized spacial score (nSPS) is 17.3. The molecule has 0 bridgehead atoms.